The van der Waals surface area contributed by atoms with Gasteiger partial charge in [0.1, 0.15) is 11.5 Å². The number of aliphatic hydroxyl groups excluding tert-OH is 2. The van der Waals surface area contributed by atoms with E-state index in [0.29, 0.717) is 40.6 Å². The molecule has 6 rings (SSSR count). The first-order chi connectivity index (χ1) is 37.4. The lowest BCUT2D eigenvalue weighted by atomic mass is 10.0. The molecule has 2 amide bonds. The molecule has 6 aromatic rings. The zero-order valence-corrected chi connectivity index (χ0v) is 48.2. The number of aryl methyl sites for hydroxylation is 1. The molecule has 0 aliphatic rings. The van der Waals surface area contributed by atoms with Crippen LogP contribution in [0.5, 0.6) is 11.5 Å². The van der Waals surface area contributed by atoms with Crippen molar-refractivity contribution in [3.63, 3.8) is 0 Å². The number of amides is 2. The first-order valence-electron chi connectivity index (χ1n) is 24.8. The average molecular weight is 1210 g/mol. The summed E-state index contributed by atoms with van der Waals surface area (Å²) in [5.41, 5.74) is 5.51. The molecule has 10 N–H and O–H groups in total. The predicted octanol–water partition coefficient (Wildman–Crippen LogP) is 9.04. The molecule has 0 bridgehead atoms. The molecule has 0 aliphatic heterocycles. The van der Waals surface area contributed by atoms with Crippen molar-refractivity contribution in [1.29, 1.82) is 0 Å². The molecule has 0 aromatic heterocycles. The summed E-state index contributed by atoms with van der Waals surface area (Å²) in [5, 5.41) is 53.6. The lowest BCUT2D eigenvalue weighted by molar-refractivity contribution is -0.137. The highest BCUT2D eigenvalue weighted by Crippen LogP contribution is 2.35. The maximum atomic E-state index is 13.1. The fraction of sp³-hybridized carbons (Fsp3) is 0.321. The van der Waals surface area contributed by atoms with Crippen molar-refractivity contribution < 1.29 is 60.0 Å². The van der Waals surface area contributed by atoms with E-state index in [0.717, 1.165) is 58.0 Å². The fourth-order valence-corrected chi connectivity index (χ4v) is 10.3. The number of aromatic hydroxyl groups is 2. The largest absolute Gasteiger partial charge is 0.506 e. The summed E-state index contributed by atoms with van der Waals surface area (Å²) in [5.74, 6) is -0.957. The Kier molecular flexibility index (Phi) is 23.5. The summed E-state index contributed by atoms with van der Waals surface area (Å²) in [4.78, 5) is 25.0. The van der Waals surface area contributed by atoms with E-state index in [1.165, 1.54) is 42.5 Å². The Hall–Kier alpha value is -6.14. The normalized spacial score (nSPS) is 13.3. The molecule has 6 aromatic carbocycles. The highest BCUT2D eigenvalue weighted by Gasteiger charge is 2.33. The van der Waals surface area contributed by atoms with Crippen molar-refractivity contribution >= 4 is 78.0 Å². The molecule has 0 aliphatic carbocycles. The third-order valence-corrected chi connectivity index (χ3v) is 14.3. The second-order valence-corrected chi connectivity index (χ2v) is 24.1. The first kappa shape index (κ1) is 64.7. The minimum absolute atomic E-state index is 0.00415. The molecule has 0 spiro atoms. The molecule has 0 radical (unpaired) electrons. The van der Waals surface area contributed by atoms with Gasteiger partial charge in [-0.15, -0.1) is 0 Å². The smallest absolute Gasteiger partial charge is 0.417 e. The Morgan fingerprint density at radius 2 is 1.02 bits per heavy atom. The number of alkyl halides is 3. The van der Waals surface area contributed by atoms with Gasteiger partial charge in [0.2, 0.25) is 31.9 Å². The number of anilines is 2. The number of carbonyl (C=O) groups is 2. The van der Waals surface area contributed by atoms with Gasteiger partial charge in [0.15, 0.2) is 0 Å². The number of nitrogens with one attached hydrogen (secondary N) is 6. The molecule has 0 unspecified atom stereocenters. The number of hydrogen-bond donors (Lipinski definition) is 10. The van der Waals surface area contributed by atoms with Crippen molar-refractivity contribution in [3.8, 4) is 11.5 Å². The third-order valence-electron chi connectivity index (χ3n) is 12.2. The van der Waals surface area contributed by atoms with Gasteiger partial charge < -0.3 is 41.7 Å². The van der Waals surface area contributed by atoms with E-state index < -0.39 is 49.0 Å². The van der Waals surface area contributed by atoms with Gasteiger partial charge in [0.05, 0.1) is 59.5 Å². The van der Waals surface area contributed by atoms with Crippen LogP contribution in [0.4, 0.5) is 24.5 Å². The number of aliphatic hydroxyl groups is 2. The van der Waals surface area contributed by atoms with Crippen LogP contribution in [0.15, 0.2) is 115 Å². The van der Waals surface area contributed by atoms with Crippen LogP contribution in [0, 0.1) is 6.92 Å². The lowest BCUT2D eigenvalue weighted by Gasteiger charge is -2.19. The first-order valence-corrected chi connectivity index (χ1v) is 29.8. The second kappa shape index (κ2) is 29.0. The van der Waals surface area contributed by atoms with Crippen LogP contribution in [0.1, 0.15) is 81.7 Å². The Labute approximate surface area is 479 Å². The SMILES string of the molecule is C[C@H](Cc1cccc(CC(=O)NCc2ccc(Cl)c(C(F)(F)F)c2)c1)NC[C@H](O)c1ccc(O)c(NS(C)(=O)=O)c1.Cc1cc(Cl)cc(Cl)c1CNC(=O)Cc1cccc(C[C@@H](C)NC[C@H](O)c2ccc(O)c(NS(C)(=O)=O)c2)c1. The van der Waals surface area contributed by atoms with Crippen molar-refractivity contribution in [2.24, 2.45) is 0 Å². The maximum absolute atomic E-state index is 13.1. The van der Waals surface area contributed by atoms with Gasteiger partial charge in [0, 0.05) is 48.3 Å². The van der Waals surface area contributed by atoms with Gasteiger partial charge in [-0.25, -0.2) is 16.8 Å². The van der Waals surface area contributed by atoms with Gasteiger partial charge in [-0.05, 0) is 132 Å². The van der Waals surface area contributed by atoms with Gasteiger partial charge >= 0.3 is 6.18 Å². The Morgan fingerprint density at radius 1 is 0.575 bits per heavy atom. The second-order valence-electron chi connectivity index (χ2n) is 19.4. The minimum atomic E-state index is -4.59. The molecular formula is C56H64Cl3F3N6O10S2. The number of halogens is 6. The van der Waals surface area contributed by atoms with E-state index in [-0.39, 0.29) is 84.8 Å². The number of rotatable bonds is 24. The van der Waals surface area contributed by atoms with E-state index in [1.807, 2.05) is 63.2 Å². The summed E-state index contributed by atoms with van der Waals surface area (Å²) >= 11 is 17.9. The van der Waals surface area contributed by atoms with Gasteiger partial charge in [-0.3, -0.25) is 19.0 Å². The topological polar surface area (TPSA) is 256 Å². The summed E-state index contributed by atoms with van der Waals surface area (Å²) in [7, 11) is -7.19. The van der Waals surface area contributed by atoms with Gasteiger partial charge in [0.25, 0.3) is 0 Å². The van der Waals surface area contributed by atoms with E-state index >= 15 is 0 Å². The summed E-state index contributed by atoms with van der Waals surface area (Å²) < 4.78 is 89.6. The number of benzene rings is 6. The van der Waals surface area contributed by atoms with Gasteiger partial charge in [-0.1, -0.05) is 102 Å². The molecule has 16 nitrogen and oxygen atoms in total. The molecule has 432 valence electrons. The summed E-state index contributed by atoms with van der Waals surface area (Å²) in [6, 6.07) is 30.5. The van der Waals surface area contributed by atoms with Crippen LogP contribution < -0.4 is 30.7 Å². The van der Waals surface area contributed by atoms with Crippen LogP contribution in [0.2, 0.25) is 15.1 Å². The minimum Gasteiger partial charge on any atom is -0.506 e. The molecule has 0 heterocycles. The number of carbonyl (C=O) groups excluding carboxylic acids is 2. The average Bonchev–Trinajstić information content (AvgIpc) is 3.36. The van der Waals surface area contributed by atoms with Crippen LogP contribution in [-0.4, -0.2) is 86.8 Å². The predicted molar refractivity (Wildman–Crippen MR) is 307 cm³/mol. The monoisotopic (exact) mass is 1210 g/mol. The van der Waals surface area contributed by atoms with Crippen LogP contribution in [0.25, 0.3) is 0 Å². The van der Waals surface area contributed by atoms with Crippen molar-refractivity contribution in [1.82, 2.24) is 21.3 Å². The third kappa shape index (κ3) is 21.7. The Morgan fingerprint density at radius 3 is 1.46 bits per heavy atom. The highest BCUT2D eigenvalue weighted by atomic mass is 35.5. The molecule has 0 fully saturated rings. The van der Waals surface area contributed by atoms with Crippen molar-refractivity contribution in [2.45, 2.75) is 90.0 Å². The van der Waals surface area contributed by atoms with Crippen LogP contribution in [-0.2, 0) is 74.6 Å². The summed E-state index contributed by atoms with van der Waals surface area (Å²) in [6.07, 6.45) is -3.03. The number of sulfonamides is 2. The number of phenolic OH excluding ortho intramolecular Hbond substituents is 2. The van der Waals surface area contributed by atoms with E-state index in [4.69, 9.17) is 34.8 Å². The highest BCUT2D eigenvalue weighted by molar-refractivity contribution is 7.92. The van der Waals surface area contributed by atoms with E-state index in [2.05, 4.69) is 30.7 Å². The summed E-state index contributed by atoms with van der Waals surface area (Å²) in [6.45, 7) is 6.42. The zero-order chi connectivity index (χ0) is 59.1. The van der Waals surface area contributed by atoms with Crippen molar-refractivity contribution in [3.05, 3.63) is 186 Å². The number of phenols is 2. The van der Waals surface area contributed by atoms with E-state index in [9.17, 15) is 60.0 Å². The van der Waals surface area contributed by atoms with Crippen LogP contribution in [0.3, 0.4) is 0 Å². The van der Waals surface area contributed by atoms with Crippen LogP contribution >= 0.6 is 34.8 Å². The Bertz CT molecular complexity index is 3340. The molecule has 80 heavy (non-hydrogen) atoms. The molecule has 0 saturated carbocycles. The standard InChI is InChI=1S/C28H33Cl2N3O5S.C28H31ClF3N3O5S/c1-17-9-22(29)14-24(30)23(17)15-32-28(36)12-20-6-4-5-19(11-20)10-18(2)31-16-27(35)21-7-8-26(34)25(13-21)33-39(3,37)38;1-17(33-16-26(37)21-7-9-25(36)24(14-21)35-41(2,39)40)10-18-4-3-5-19(11-18)13-27(38)34-15-20-6-8-23(29)22(12-20)28(30,31)32/h4-9,11,13-14,18,27,31,33-35H,10,12,15-16H2,1-3H3,(H,32,36);3-9,11-12,14,17,26,33,35-37H,10,13,15-16H2,1-2H3,(H,34,38)/t18-,27+;17-,26+/m11/s1. The number of hydrogen-bond acceptors (Lipinski definition) is 12. The van der Waals surface area contributed by atoms with E-state index in [1.54, 1.807) is 18.2 Å². The molecular weight excluding hydrogens is 1140 g/mol. The van der Waals surface area contributed by atoms with Gasteiger partial charge in [-0.2, -0.15) is 13.2 Å². The molecule has 0 saturated heterocycles. The Balaban J connectivity index is 0.000000294. The fourth-order valence-electron chi connectivity index (χ4n) is 8.27. The lowest BCUT2D eigenvalue weighted by Crippen LogP contribution is -2.32. The molecule has 4 atom stereocenters. The zero-order valence-electron chi connectivity index (χ0n) is 44.3. The van der Waals surface area contributed by atoms with Crippen molar-refractivity contribution in [2.75, 3.05) is 35.0 Å². The molecule has 24 heteroatoms. The maximum Gasteiger partial charge on any atom is 0.417 e. The quantitative estimate of drug-likeness (QED) is 0.0255.